The minimum absolute atomic E-state index is 0.558. The van der Waals surface area contributed by atoms with Gasteiger partial charge in [-0.25, -0.2) is 0 Å². The van der Waals surface area contributed by atoms with Gasteiger partial charge < -0.3 is 5.73 Å². The second kappa shape index (κ2) is 4.76. The van der Waals surface area contributed by atoms with Crippen molar-refractivity contribution in [2.75, 3.05) is 0 Å². The molecule has 0 aliphatic carbocycles. The summed E-state index contributed by atoms with van der Waals surface area (Å²) in [5.41, 5.74) is 9.27. The first-order valence-electron chi connectivity index (χ1n) is 5.12. The van der Waals surface area contributed by atoms with E-state index in [-0.39, 0.29) is 0 Å². The third-order valence-electron chi connectivity index (χ3n) is 2.40. The molecule has 0 atom stereocenters. The summed E-state index contributed by atoms with van der Waals surface area (Å²) >= 11 is 0. The molecule has 0 aliphatic heterocycles. The normalized spacial score (nSPS) is 10.2. The van der Waals surface area contributed by atoms with Crippen LogP contribution in [0.5, 0.6) is 0 Å². The molecular formula is C14H14N. The zero-order valence-corrected chi connectivity index (χ0v) is 8.61. The van der Waals surface area contributed by atoms with Gasteiger partial charge in [0.25, 0.3) is 0 Å². The molecule has 2 N–H and O–H groups in total. The van der Waals surface area contributed by atoms with Gasteiger partial charge >= 0.3 is 0 Å². The lowest BCUT2D eigenvalue weighted by molar-refractivity contribution is 1.05. The van der Waals surface area contributed by atoms with Gasteiger partial charge in [0.1, 0.15) is 0 Å². The summed E-state index contributed by atoms with van der Waals surface area (Å²) in [6.45, 7) is 0.558. The van der Waals surface area contributed by atoms with E-state index in [0.717, 1.165) is 12.0 Å². The molecule has 75 valence electrons. The van der Waals surface area contributed by atoms with Crippen LogP contribution in [0.15, 0.2) is 48.5 Å². The van der Waals surface area contributed by atoms with Crippen molar-refractivity contribution < 1.29 is 0 Å². The Morgan fingerprint density at radius 1 is 1.00 bits per heavy atom. The van der Waals surface area contributed by atoms with Gasteiger partial charge in [0.05, 0.1) is 0 Å². The Balaban J connectivity index is 2.17. The molecule has 1 heteroatoms. The van der Waals surface area contributed by atoms with E-state index in [1.807, 2.05) is 12.1 Å². The fourth-order valence-electron chi connectivity index (χ4n) is 1.63. The predicted octanol–water partition coefficient (Wildman–Crippen LogP) is 2.54. The maximum atomic E-state index is 5.58. The first-order chi connectivity index (χ1) is 7.38. The monoisotopic (exact) mass is 196 g/mol. The number of rotatable bonds is 3. The van der Waals surface area contributed by atoms with Crippen molar-refractivity contribution in [1.82, 2.24) is 0 Å². The van der Waals surface area contributed by atoms with Gasteiger partial charge in [-0.05, 0) is 29.2 Å². The lowest BCUT2D eigenvalue weighted by Crippen LogP contribution is -1.97. The fourth-order valence-corrected chi connectivity index (χ4v) is 1.63. The highest BCUT2D eigenvalue weighted by Gasteiger charge is 1.96. The lowest BCUT2D eigenvalue weighted by atomic mass is 10.0. The van der Waals surface area contributed by atoms with Crippen molar-refractivity contribution in [3.63, 3.8) is 0 Å². The third-order valence-corrected chi connectivity index (χ3v) is 2.40. The molecular weight excluding hydrogens is 182 g/mol. The molecule has 0 unspecified atom stereocenters. The SMILES string of the molecule is NCc1[c]ccc(Cc2ccccc2)c1. The highest BCUT2D eigenvalue weighted by Crippen LogP contribution is 2.10. The standard InChI is InChI=1S/C14H14N/c15-11-14-8-4-7-13(10-14)9-12-5-2-1-3-6-12/h1-7,10H,9,11,15H2. The second-order valence-corrected chi connectivity index (χ2v) is 3.59. The van der Waals surface area contributed by atoms with Gasteiger partial charge in [0.15, 0.2) is 0 Å². The average Bonchev–Trinajstić information content (AvgIpc) is 2.31. The van der Waals surface area contributed by atoms with Gasteiger partial charge in [0.2, 0.25) is 0 Å². The molecule has 0 spiro atoms. The second-order valence-electron chi connectivity index (χ2n) is 3.59. The van der Waals surface area contributed by atoms with Crippen LogP contribution in [0, 0.1) is 6.07 Å². The maximum Gasteiger partial charge on any atom is 0.0184 e. The van der Waals surface area contributed by atoms with E-state index in [0.29, 0.717) is 6.54 Å². The summed E-state index contributed by atoms with van der Waals surface area (Å²) < 4.78 is 0. The van der Waals surface area contributed by atoms with Crippen molar-refractivity contribution in [2.45, 2.75) is 13.0 Å². The van der Waals surface area contributed by atoms with Crippen molar-refractivity contribution in [2.24, 2.45) is 5.73 Å². The van der Waals surface area contributed by atoms with Crippen molar-refractivity contribution >= 4 is 0 Å². The van der Waals surface area contributed by atoms with E-state index in [4.69, 9.17) is 5.73 Å². The van der Waals surface area contributed by atoms with Crippen LogP contribution in [0.3, 0.4) is 0 Å². The molecule has 0 bridgehead atoms. The molecule has 2 rings (SSSR count). The maximum absolute atomic E-state index is 5.58. The van der Waals surface area contributed by atoms with Gasteiger partial charge in [-0.3, -0.25) is 0 Å². The smallest absolute Gasteiger partial charge is 0.0184 e. The summed E-state index contributed by atoms with van der Waals surface area (Å²) in [4.78, 5) is 0. The minimum atomic E-state index is 0.558. The van der Waals surface area contributed by atoms with Crippen LogP contribution >= 0.6 is 0 Å². The van der Waals surface area contributed by atoms with Gasteiger partial charge in [-0.2, -0.15) is 0 Å². The molecule has 0 fully saturated rings. The third kappa shape index (κ3) is 2.67. The van der Waals surface area contributed by atoms with Crippen LogP contribution in [0.25, 0.3) is 0 Å². The number of benzene rings is 2. The molecule has 2 aromatic rings. The van der Waals surface area contributed by atoms with E-state index >= 15 is 0 Å². The quantitative estimate of drug-likeness (QED) is 0.802. The zero-order chi connectivity index (χ0) is 10.5. The van der Waals surface area contributed by atoms with Crippen LogP contribution in [-0.4, -0.2) is 0 Å². The molecule has 0 saturated carbocycles. The number of nitrogens with two attached hydrogens (primary N) is 1. The first kappa shape index (κ1) is 9.94. The zero-order valence-electron chi connectivity index (χ0n) is 8.61. The highest BCUT2D eigenvalue weighted by molar-refractivity contribution is 5.28. The highest BCUT2D eigenvalue weighted by atomic mass is 14.5. The molecule has 1 radical (unpaired) electrons. The molecule has 0 amide bonds. The lowest BCUT2D eigenvalue weighted by Gasteiger charge is -2.03. The number of hydrogen-bond donors (Lipinski definition) is 1. The summed E-state index contributed by atoms with van der Waals surface area (Å²) in [5, 5.41) is 0. The van der Waals surface area contributed by atoms with Gasteiger partial charge in [-0.15, -0.1) is 0 Å². The Morgan fingerprint density at radius 3 is 2.53 bits per heavy atom. The summed E-state index contributed by atoms with van der Waals surface area (Å²) in [5.74, 6) is 0. The van der Waals surface area contributed by atoms with Crippen molar-refractivity contribution in [3.8, 4) is 0 Å². The molecule has 0 heterocycles. The molecule has 0 aromatic heterocycles. The van der Waals surface area contributed by atoms with E-state index in [9.17, 15) is 0 Å². The van der Waals surface area contributed by atoms with E-state index < -0.39 is 0 Å². The van der Waals surface area contributed by atoms with Crippen LogP contribution in [0.4, 0.5) is 0 Å². The number of hydrogen-bond acceptors (Lipinski definition) is 1. The van der Waals surface area contributed by atoms with E-state index in [2.05, 4.69) is 42.5 Å². The Labute approximate surface area is 90.6 Å². The van der Waals surface area contributed by atoms with Crippen LogP contribution in [0.2, 0.25) is 0 Å². The average molecular weight is 196 g/mol. The summed E-state index contributed by atoms with van der Waals surface area (Å²) in [6.07, 6.45) is 0.961. The minimum Gasteiger partial charge on any atom is -0.326 e. The Morgan fingerprint density at radius 2 is 1.80 bits per heavy atom. The van der Waals surface area contributed by atoms with E-state index in [1.54, 1.807) is 0 Å². The first-order valence-corrected chi connectivity index (χ1v) is 5.12. The molecule has 2 aromatic carbocycles. The fraction of sp³-hybridized carbons (Fsp3) is 0.143. The van der Waals surface area contributed by atoms with Crippen molar-refractivity contribution in [1.29, 1.82) is 0 Å². The molecule has 15 heavy (non-hydrogen) atoms. The van der Waals surface area contributed by atoms with E-state index in [1.165, 1.54) is 11.1 Å². The topological polar surface area (TPSA) is 26.0 Å². The predicted molar refractivity (Wildman–Crippen MR) is 62.4 cm³/mol. The van der Waals surface area contributed by atoms with Gasteiger partial charge in [-0.1, -0.05) is 48.5 Å². The Hall–Kier alpha value is -1.60. The van der Waals surface area contributed by atoms with Gasteiger partial charge in [0, 0.05) is 6.54 Å². The largest absolute Gasteiger partial charge is 0.326 e. The molecule has 0 aliphatic rings. The summed E-state index contributed by atoms with van der Waals surface area (Å²) in [7, 11) is 0. The van der Waals surface area contributed by atoms with Crippen LogP contribution < -0.4 is 5.73 Å². The Kier molecular flexibility index (Phi) is 3.15. The van der Waals surface area contributed by atoms with Crippen LogP contribution in [0.1, 0.15) is 16.7 Å². The summed E-state index contributed by atoms with van der Waals surface area (Å²) in [6, 6.07) is 19.7. The van der Waals surface area contributed by atoms with Crippen molar-refractivity contribution in [3.05, 3.63) is 71.3 Å². The molecule has 1 nitrogen and oxygen atoms in total. The van der Waals surface area contributed by atoms with Crippen LogP contribution in [-0.2, 0) is 13.0 Å². The Bertz CT molecular complexity index is 420. The molecule has 0 saturated heterocycles.